The quantitative estimate of drug-likeness (QED) is 0.919. The second-order valence-electron chi connectivity index (χ2n) is 5.55. The van der Waals surface area contributed by atoms with Gasteiger partial charge in [0.15, 0.2) is 0 Å². The molecule has 1 aromatic carbocycles. The largest absolute Gasteiger partial charge is 0.508 e. The topological polar surface area (TPSA) is 58.4 Å². The van der Waals surface area contributed by atoms with E-state index in [0.717, 1.165) is 25.9 Å². The van der Waals surface area contributed by atoms with Gasteiger partial charge in [-0.2, -0.15) is 0 Å². The highest BCUT2D eigenvalue weighted by Crippen LogP contribution is 2.29. The van der Waals surface area contributed by atoms with Crippen molar-refractivity contribution < 1.29 is 9.90 Å². The standard InChI is InChI=1S/C16H19N3O2/c1-18-11-17-10-15(18)16(21)19-8-6-13(7-9-19)12-2-4-14(20)5-3-12/h2-5,10-11,13,20H,6-9H2,1H3. The van der Waals surface area contributed by atoms with Gasteiger partial charge in [0.25, 0.3) is 5.91 Å². The molecule has 0 unspecified atom stereocenters. The van der Waals surface area contributed by atoms with Gasteiger partial charge in [-0.25, -0.2) is 4.98 Å². The normalized spacial score (nSPS) is 16.1. The first-order valence-corrected chi connectivity index (χ1v) is 7.19. The molecule has 110 valence electrons. The first-order chi connectivity index (χ1) is 10.1. The molecule has 0 spiro atoms. The van der Waals surface area contributed by atoms with E-state index in [2.05, 4.69) is 4.98 Å². The minimum atomic E-state index is 0.0548. The average Bonchev–Trinajstić information content (AvgIpc) is 2.94. The van der Waals surface area contributed by atoms with Crippen LogP contribution in [-0.4, -0.2) is 38.6 Å². The van der Waals surface area contributed by atoms with Crippen LogP contribution in [0, 0.1) is 0 Å². The van der Waals surface area contributed by atoms with Crippen LogP contribution in [0.2, 0.25) is 0 Å². The lowest BCUT2D eigenvalue weighted by molar-refractivity contribution is 0.0703. The fourth-order valence-corrected chi connectivity index (χ4v) is 2.89. The maximum Gasteiger partial charge on any atom is 0.272 e. The number of nitrogens with zero attached hydrogens (tertiary/aromatic N) is 3. The molecule has 0 atom stereocenters. The van der Waals surface area contributed by atoms with Crippen LogP contribution in [0.3, 0.4) is 0 Å². The Balaban J connectivity index is 1.64. The maximum atomic E-state index is 12.4. The van der Waals surface area contributed by atoms with Crippen molar-refractivity contribution >= 4 is 5.91 Å². The molecular weight excluding hydrogens is 266 g/mol. The number of hydrogen-bond donors (Lipinski definition) is 1. The number of phenolic OH excluding ortho intramolecular Hbond substituents is 1. The van der Waals surface area contributed by atoms with Gasteiger partial charge in [-0.3, -0.25) is 4.79 Å². The summed E-state index contributed by atoms with van der Waals surface area (Å²) >= 11 is 0. The van der Waals surface area contributed by atoms with Crippen molar-refractivity contribution in [1.82, 2.24) is 14.5 Å². The molecule has 5 heteroatoms. The Morgan fingerprint density at radius 2 is 1.90 bits per heavy atom. The lowest BCUT2D eigenvalue weighted by Crippen LogP contribution is -2.38. The van der Waals surface area contributed by atoms with Gasteiger partial charge in [0.2, 0.25) is 0 Å². The third-order valence-electron chi connectivity index (χ3n) is 4.18. The van der Waals surface area contributed by atoms with Crippen molar-refractivity contribution in [3.63, 3.8) is 0 Å². The predicted octanol–water partition coefficient (Wildman–Crippen LogP) is 2.15. The van der Waals surface area contributed by atoms with Crippen LogP contribution in [-0.2, 0) is 7.05 Å². The number of rotatable bonds is 2. The fourth-order valence-electron chi connectivity index (χ4n) is 2.89. The first-order valence-electron chi connectivity index (χ1n) is 7.19. The molecule has 1 aliphatic heterocycles. The number of aryl methyl sites for hydroxylation is 1. The summed E-state index contributed by atoms with van der Waals surface area (Å²) in [6.07, 6.45) is 5.17. The molecule has 2 heterocycles. The summed E-state index contributed by atoms with van der Waals surface area (Å²) in [6, 6.07) is 7.39. The molecule has 1 aromatic heterocycles. The maximum absolute atomic E-state index is 12.4. The number of aromatic hydroxyl groups is 1. The van der Waals surface area contributed by atoms with Crippen molar-refractivity contribution in [2.75, 3.05) is 13.1 Å². The van der Waals surface area contributed by atoms with E-state index in [4.69, 9.17) is 0 Å². The summed E-state index contributed by atoms with van der Waals surface area (Å²) in [5.74, 6) is 0.808. The van der Waals surface area contributed by atoms with Gasteiger partial charge >= 0.3 is 0 Å². The van der Waals surface area contributed by atoms with Gasteiger partial charge in [0, 0.05) is 20.1 Å². The Morgan fingerprint density at radius 1 is 1.24 bits per heavy atom. The Labute approximate surface area is 123 Å². The minimum absolute atomic E-state index is 0.0548. The van der Waals surface area contributed by atoms with Crippen LogP contribution in [0.1, 0.15) is 34.8 Å². The SMILES string of the molecule is Cn1cncc1C(=O)N1CCC(c2ccc(O)cc2)CC1. The van der Waals surface area contributed by atoms with E-state index >= 15 is 0 Å². The third-order valence-corrected chi connectivity index (χ3v) is 4.18. The molecule has 0 saturated carbocycles. The van der Waals surface area contributed by atoms with Crippen LogP contribution < -0.4 is 0 Å². The zero-order chi connectivity index (χ0) is 14.8. The van der Waals surface area contributed by atoms with Crippen LogP contribution in [0.25, 0.3) is 0 Å². The average molecular weight is 285 g/mol. The Hall–Kier alpha value is -2.30. The van der Waals surface area contributed by atoms with E-state index in [1.165, 1.54) is 5.56 Å². The number of carbonyl (C=O) groups excluding carboxylic acids is 1. The van der Waals surface area contributed by atoms with E-state index in [1.54, 1.807) is 29.2 Å². The van der Waals surface area contributed by atoms with E-state index in [1.807, 2.05) is 24.1 Å². The fraction of sp³-hybridized carbons (Fsp3) is 0.375. The van der Waals surface area contributed by atoms with Crippen LogP contribution in [0.4, 0.5) is 0 Å². The number of carbonyl (C=O) groups is 1. The number of aromatic nitrogens is 2. The zero-order valence-electron chi connectivity index (χ0n) is 12.1. The number of likely N-dealkylation sites (tertiary alicyclic amines) is 1. The zero-order valence-corrected chi connectivity index (χ0v) is 12.1. The predicted molar refractivity (Wildman–Crippen MR) is 79.2 cm³/mol. The molecule has 21 heavy (non-hydrogen) atoms. The molecule has 0 bridgehead atoms. The molecule has 0 radical (unpaired) electrons. The van der Waals surface area contributed by atoms with Crippen molar-refractivity contribution in [3.8, 4) is 5.75 Å². The minimum Gasteiger partial charge on any atom is -0.508 e. The molecule has 5 nitrogen and oxygen atoms in total. The summed E-state index contributed by atoms with van der Waals surface area (Å²) in [5, 5.41) is 9.34. The molecular formula is C16H19N3O2. The second-order valence-corrected chi connectivity index (χ2v) is 5.55. The Kier molecular flexibility index (Phi) is 3.64. The number of benzene rings is 1. The van der Waals surface area contributed by atoms with E-state index in [-0.39, 0.29) is 5.91 Å². The summed E-state index contributed by atoms with van der Waals surface area (Å²) < 4.78 is 1.76. The number of phenols is 1. The van der Waals surface area contributed by atoms with E-state index in [0.29, 0.717) is 17.4 Å². The van der Waals surface area contributed by atoms with Gasteiger partial charge in [-0.05, 0) is 36.5 Å². The molecule has 1 amide bonds. The van der Waals surface area contributed by atoms with E-state index in [9.17, 15) is 9.90 Å². The van der Waals surface area contributed by atoms with Crippen molar-refractivity contribution in [2.24, 2.45) is 7.05 Å². The second kappa shape index (κ2) is 5.60. The molecule has 3 rings (SSSR count). The van der Waals surface area contributed by atoms with Crippen LogP contribution >= 0.6 is 0 Å². The number of piperidine rings is 1. The van der Waals surface area contributed by atoms with Gasteiger partial charge < -0.3 is 14.6 Å². The Morgan fingerprint density at radius 3 is 2.48 bits per heavy atom. The molecule has 1 N–H and O–H groups in total. The van der Waals surface area contributed by atoms with Gasteiger partial charge in [0.05, 0.1) is 12.5 Å². The first kappa shape index (κ1) is 13.7. The molecule has 0 aliphatic carbocycles. The highest BCUT2D eigenvalue weighted by Gasteiger charge is 2.25. The summed E-state index contributed by atoms with van der Waals surface area (Å²) in [7, 11) is 1.84. The van der Waals surface area contributed by atoms with Gasteiger partial charge in [-0.15, -0.1) is 0 Å². The summed E-state index contributed by atoms with van der Waals surface area (Å²) in [6.45, 7) is 1.52. The van der Waals surface area contributed by atoms with Crippen molar-refractivity contribution in [1.29, 1.82) is 0 Å². The lowest BCUT2D eigenvalue weighted by atomic mass is 9.89. The number of hydrogen-bond acceptors (Lipinski definition) is 3. The van der Waals surface area contributed by atoms with Gasteiger partial charge in [0.1, 0.15) is 11.4 Å². The van der Waals surface area contributed by atoms with Crippen molar-refractivity contribution in [2.45, 2.75) is 18.8 Å². The van der Waals surface area contributed by atoms with Gasteiger partial charge in [-0.1, -0.05) is 12.1 Å². The van der Waals surface area contributed by atoms with E-state index < -0.39 is 0 Å². The number of amides is 1. The third kappa shape index (κ3) is 2.77. The molecule has 1 saturated heterocycles. The molecule has 1 aliphatic rings. The molecule has 2 aromatic rings. The lowest BCUT2D eigenvalue weighted by Gasteiger charge is -2.32. The van der Waals surface area contributed by atoms with Crippen molar-refractivity contribution in [3.05, 3.63) is 48.0 Å². The highest BCUT2D eigenvalue weighted by molar-refractivity contribution is 5.92. The summed E-state index contributed by atoms with van der Waals surface area (Å²) in [4.78, 5) is 18.3. The molecule has 1 fully saturated rings. The Bertz CT molecular complexity index is 625. The van der Waals surface area contributed by atoms with Crippen LogP contribution in [0.15, 0.2) is 36.8 Å². The highest BCUT2D eigenvalue weighted by atomic mass is 16.3. The smallest absolute Gasteiger partial charge is 0.272 e. The summed E-state index contributed by atoms with van der Waals surface area (Å²) in [5.41, 5.74) is 1.87. The number of imidazole rings is 1. The monoisotopic (exact) mass is 285 g/mol. The van der Waals surface area contributed by atoms with Crippen LogP contribution in [0.5, 0.6) is 5.75 Å².